The molecule has 0 aliphatic carbocycles. The molecule has 3 N–H and O–H groups in total. The number of nitrogens with one attached hydrogen (secondary N) is 3. The van der Waals surface area contributed by atoms with Crippen molar-refractivity contribution >= 4 is 33.2 Å². The van der Waals surface area contributed by atoms with Gasteiger partial charge in [0.1, 0.15) is 0 Å². The number of rotatable bonds is 8. The van der Waals surface area contributed by atoms with Crippen molar-refractivity contribution in [2.75, 3.05) is 23.2 Å². The lowest BCUT2D eigenvalue weighted by Gasteiger charge is -2.15. The normalized spacial score (nSPS) is 15.3. The third-order valence-corrected chi connectivity index (χ3v) is 7.96. The molecule has 1 fully saturated rings. The summed E-state index contributed by atoms with van der Waals surface area (Å²) >= 11 is 0. The molecule has 3 aromatic rings. The van der Waals surface area contributed by atoms with Gasteiger partial charge in [0.25, 0.3) is 21.8 Å². The van der Waals surface area contributed by atoms with Gasteiger partial charge in [-0.15, -0.1) is 0 Å². The van der Waals surface area contributed by atoms with E-state index in [2.05, 4.69) is 15.4 Å². The third-order valence-electron chi connectivity index (χ3n) is 6.43. The van der Waals surface area contributed by atoms with Crippen LogP contribution in [-0.2, 0) is 14.8 Å². The molecule has 1 heterocycles. The van der Waals surface area contributed by atoms with Crippen molar-refractivity contribution in [3.63, 3.8) is 0 Å². The fourth-order valence-corrected chi connectivity index (χ4v) is 5.46. The monoisotopic (exact) mass is 521 g/mol. The Labute approximate surface area is 217 Å². The van der Waals surface area contributed by atoms with Gasteiger partial charge in [-0.05, 0) is 86.7 Å². The lowest BCUT2D eigenvalue weighted by molar-refractivity contribution is 0.0858. The average molecular weight is 522 g/mol. The van der Waals surface area contributed by atoms with Gasteiger partial charge < -0.3 is 15.4 Å². The van der Waals surface area contributed by atoms with E-state index in [-0.39, 0.29) is 22.5 Å². The van der Waals surface area contributed by atoms with E-state index >= 15 is 0 Å². The lowest BCUT2D eigenvalue weighted by atomic mass is 10.1. The zero-order chi connectivity index (χ0) is 26.6. The van der Waals surface area contributed by atoms with E-state index in [1.54, 1.807) is 55.5 Å². The molecule has 9 heteroatoms. The molecular weight excluding hydrogens is 490 g/mol. The molecule has 0 saturated carbocycles. The summed E-state index contributed by atoms with van der Waals surface area (Å²) in [4.78, 5) is 25.9. The van der Waals surface area contributed by atoms with Crippen LogP contribution in [-0.4, -0.2) is 39.5 Å². The Bertz CT molecular complexity index is 1430. The number of hydrogen-bond acceptors (Lipinski definition) is 5. The predicted octanol–water partition coefficient (Wildman–Crippen LogP) is 4.57. The molecular formula is C28H31N3O5S. The zero-order valence-corrected chi connectivity index (χ0v) is 21.9. The van der Waals surface area contributed by atoms with Crippen LogP contribution in [0.2, 0.25) is 0 Å². The van der Waals surface area contributed by atoms with Crippen LogP contribution in [0.1, 0.15) is 50.2 Å². The summed E-state index contributed by atoms with van der Waals surface area (Å²) < 4.78 is 34.5. The second-order valence-electron chi connectivity index (χ2n) is 9.23. The molecule has 3 aromatic carbocycles. The molecule has 0 bridgehead atoms. The van der Waals surface area contributed by atoms with E-state index in [0.717, 1.165) is 24.0 Å². The van der Waals surface area contributed by atoms with E-state index < -0.39 is 15.9 Å². The Morgan fingerprint density at radius 2 is 1.68 bits per heavy atom. The first-order chi connectivity index (χ1) is 17.6. The number of amides is 2. The van der Waals surface area contributed by atoms with E-state index in [9.17, 15) is 18.0 Å². The number of ether oxygens (including phenoxy) is 1. The largest absolute Gasteiger partial charge is 0.376 e. The minimum atomic E-state index is -3.95. The zero-order valence-electron chi connectivity index (χ0n) is 21.1. The number of aryl methyl sites for hydroxylation is 3. The average Bonchev–Trinajstić information content (AvgIpc) is 3.39. The summed E-state index contributed by atoms with van der Waals surface area (Å²) in [6.07, 6.45) is 1.87. The first-order valence-electron chi connectivity index (χ1n) is 12.1. The van der Waals surface area contributed by atoms with E-state index in [1.165, 1.54) is 6.07 Å². The number of hydrogen-bond donors (Lipinski definition) is 3. The van der Waals surface area contributed by atoms with Gasteiger partial charge in [0, 0.05) is 24.4 Å². The summed E-state index contributed by atoms with van der Waals surface area (Å²) in [6, 6.07) is 16.5. The summed E-state index contributed by atoms with van der Waals surface area (Å²) in [5.41, 5.74) is 3.76. The highest BCUT2D eigenvalue weighted by Crippen LogP contribution is 2.24. The molecule has 1 atom stereocenters. The van der Waals surface area contributed by atoms with Gasteiger partial charge in [0.05, 0.1) is 22.3 Å². The summed E-state index contributed by atoms with van der Waals surface area (Å²) in [5.74, 6) is -0.849. The van der Waals surface area contributed by atoms with Crippen LogP contribution < -0.4 is 15.4 Å². The predicted molar refractivity (Wildman–Crippen MR) is 144 cm³/mol. The number of carbonyl (C=O) groups is 2. The highest BCUT2D eigenvalue weighted by molar-refractivity contribution is 7.92. The molecule has 1 saturated heterocycles. The Balaban J connectivity index is 1.52. The highest BCUT2D eigenvalue weighted by Gasteiger charge is 2.22. The first kappa shape index (κ1) is 26.4. The van der Waals surface area contributed by atoms with E-state index in [0.29, 0.717) is 35.7 Å². The van der Waals surface area contributed by atoms with Crippen LogP contribution in [0.3, 0.4) is 0 Å². The number of carbonyl (C=O) groups excluding carboxylic acids is 2. The van der Waals surface area contributed by atoms with E-state index in [1.807, 2.05) is 19.9 Å². The van der Waals surface area contributed by atoms with E-state index in [4.69, 9.17) is 4.74 Å². The summed E-state index contributed by atoms with van der Waals surface area (Å²) in [7, 11) is -3.95. The van der Waals surface area contributed by atoms with Gasteiger partial charge >= 0.3 is 0 Å². The molecule has 4 rings (SSSR count). The van der Waals surface area contributed by atoms with Crippen molar-refractivity contribution in [1.29, 1.82) is 0 Å². The number of sulfonamides is 1. The standard InChI is InChI=1S/C28H31N3O5S/c1-18-11-13-22(15-20(18)3)31-37(34,35)26-16-21(12-10-19(26)2)27(32)30-25-9-5-4-8-24(25)28(33)29-17-23-7-6-14-36-23/h4-5,8-13,15-16,23,31H,6-7,14,17H2,1-3H3,(H,29,33)(H,30,32)/t23-/m0/s1. The van der Waals surface area contributed by atoms with Crippen molar-refractivity contribution in [1.82, 2.24) is 5.32 Å². The molecule has 2 amide bonds. The number of benzene rings is 3. The number of anilines is 2. The smallest absolute Gasteiger partial charge is 0.262 e. The van der Waals surface area contributed by atoms with Crippen molar-refractivity contribution in [3.05, 3.63) is 88.5 Å². The third kappa shape index (κ3) is 6.36. The van der Waals surface area contributed by atoms with Crippen LogP contribution in [0, 0.1) is 20.8 Å². The van der Waals surface area contributed by atoms with Crippen molar-refractivity contribution in [2.24, 2.45) is 0 Å². The minimum Gasteiger partial charge on any atom is -0.376 e. The quantitative estimate of drug-likeness (QED) is 0.402. The van der Waals surface area contributed by atoms with Gasteiger partial charge in [0.15, 0.2) is 0 Å². The van der Waals surface area contributed by atoms with Crippen LogP contribution in [0.4, 0.5) is 11.4 Å². The SMILES string of the molecule is Cc1ccc(NS(=O)(=O)c2cc(C(=O)Nc3ccccc3C(=O)NC[C@@H]3CCCO3)ccc2C)cc1C. The van der Waals surface area contributed by atoms with Crippen LogP contribution >= 0.6 is 0 Å². The van der Waals surface area contributed by atoms with Crippen LogP contribution in [0.5, 0.6) is 0 Å². The maximum absolute atomic E-state index is 13.2. The Hall–Kier alpha value is -3.69. The lowest BCUT2D eigenvalue weighted by Crippen LogP contribution is -2.32. The fourth-order valence-electron chi connectivity index (χ4n) is 4.14. The highest BCUT2D eigenvalue weighted by atomic mass is 32.2. The Morgan fingerprint density at radius 1 is 0.919 bits per heavy atom. The van der Waals surface area contributed by atoms with Crippen molar-refractivity contribution < 1.29 is 22.7 Å². The molecule has 8 nitrogen and oxygen atoms in total. The molecule has 37 heavy (non-hydrogen) atoms. The molecule has 1 aliphatic rings. The molecule has 0 spiro atoms. The molecule has 0 radical (unpaired) electrons. The molecule has 194 valence electrons. The summed E-state index contributed by atoms with van der Waals surface area (Å²) in [6.45, 7) is 6.62. The molecule has 0 aromatic heterocycles. The Morgan fingerprint density at radius 3 is 2.41 bits per heavy atom. The fraction of sp³-hybridized carbons (Fsp3) is 0.286. The van der Waals surface area contributed by atoms with Gasteiger partial charge in [-0.3, -0.25) is 14.3 Å². The summed E-state index contributed by atoms with van der Waals surface area (Å²) in [5, 5.41) is 5.61. The maximum atomic E-state index is 13.2. The van der Waals surface area contributed by atoms with Gasteiger partial charge in [-0.25, -0.2) is 8.42 Å². The van der Waals surface area contributed by atoms with Crippen LogP contribution in [0.25, 0.3) is 0 Å². The second kappa shape index (κ2) is 11.1. The van der Waals surface area contributed by atoms with Crippen molar-refractivity contribution in [3.8, 4) is 0 Å². The van der Waals surface area contributed by atoms with Gasteiger partial charge in [0.2, 0.25) is 0 Å². The van der Waals surface area contributed by atoms with Gasteiger partial charge in [-0.2, -0.15) is 0 Å². The van der Waals surface area contributed by atoms with Crippen LogP contribution in [0.15, 0.2) is 65.6 Å². The maximum Gasteiger partial charge on any atom is 0.262 e. The second-order valence-corrected chi connectivity index (χ2v) is 10.9. The number of para-hydroxylation sites is 1. The first-order valence-corrected chi connectivity index (χ1v) is 13.6. The Kier molecular flexibility index (Phi) is 7.94. The molecule has 1 aliphatic heterocycles. The van der Waals surface area contributed by atoms with Crippen molar-refractivity contribution in [2.45, 2.75) is 44.6 Å². The topological polar surface area (TPSA) is 114 Å². The van der Waals surface area contributed by atoms with Gasteiger partial charge in [-0.1, -0.05) is 24.3 Å². The minimum absolute atomic E-state index is 0.000898. The molecule has 0 unspecified atom stereocenters.